The summed E-state index contributed by atoms with van der Waals surface area (Å²) in [5.74, 6) is 0. The number of ether oxygens (including phenoxy) is 2. The molecule has 2 atom stereocenters. The number of carbonyl (C=O) groups excluding carboxylic acids is 1. The normalized spacial score (nSPS) is 14.2. The van der Waals surface area contributed by atoms with Crippen molar-refractivity contribution < 1.29 is 14.3 Å². The van der Waals surface area contributed by atoms with E-state index in [1.54, 1.807) is 0 Å². The number of rotatable bonds is 7. The van der Waals surface area contributed by atoms with E-state index in [1.807, 2.05) is 65.0 Å². The smallest absolute Gasteiger partial charge is 0.422 e. The van der Waals surface area contributed by atoms with Gasteiger partial charge in [0, 0.05) is 0 Å². The molecule has 0 spiro atoms. The van der Waals surface area contributed by atoms with Crippen LogP contribution < -0.4 is 10.9 Å². The van der Waals surface area contributed by atoms with E-state index in [2.05, 4.69) is 10.9 Å². The van der Waals surface area contributed by atoms with E-state index >= 15 is 0 Å². The summed E-state index contributed by atoms with van der Waals surface area (Å²) >= 11 is 0. The lowest BCUT2D eigenvalue weighted by Crippen LogP contribution is -2.50. The Morgan fingerprint density at radius 2 is 1.86 bits per heavy atom. The molecule has 0 aliphatic rings. The second-order valence-corrected chi connectivity index (χ2v) is 6.29. The zero-order chi connectivity index (χ0) is 16.6. The average molecular weight is 308 g/mol. The Balaban J connectivity index is 2.38. The van der Waals surface area contributed by atoms with Crippen LogP contribution in [-0.4, -0.2) is 23.8 Å². The van der Waals surface area contributed by atoms with Gasteiger partial charge >= 0.3 is 6.09 Å². The molecule has 0 radical (unpaired) electrons. The van der Waals surface area contributed by atoms with Crippen LogP contribution in [0.4, 0.5) is 4.79 Å². The first-order chi connectivity index (χ1) is 10.3. The maximum Gasteiger partial charge on any atom is 0.422 e. The molecule has 2 N–H and O–H groups in total. The Kier molecular flexibility index (Phi) is 7.35. The Labute approximate surface area is 133 Å². The van der Waals surface area contributed by atoms with Crippen LogP contribution in [0.5, 0.6) is 0 Å². The van der Waals surface area contributed by atoms with E-state index in [1.165, 1.54) is 0 Å². The quantitative estimate of drug-likeness (QED) is 0.758. The second-order valence-electron chi connectivity index (χ2n) is 6.29. The molecule has 1 amide bonds. The van der Waals surface area contributed by atoms with Gasteiger partial charge in [0.2, 0.25) is 0 Å². The monoisotopic (exact) mass is 308 g/mol. The van der Waals surface area contributed by atoms with E-state index in [0.717, 1.165) is 12.0 Å². The van der Waals surface area contributed by atoms with Crippen LogP contribution in [-0.2, 0) is 16.1 Å². The average Bonchev–Trinajstić information content (AvgIpc) is 2.45. The van der Waals surface area contributed by atoms with E-state index in [9.17, 15) is 4.79 Å². The van der Waals surface area contributed by atoms with Crippen molar-refractivity contribution in [2.24, 2.45) is 0 Å². The van der Waals surface area contributed by atoms with Crippen molar-refractivity contribution in [3.8, 4) is 0 Å². The third-order valence-electron chi connectivity index (χ3n) is 3.12. The minimum atomic E-state index is -0.511. The van der Waals surface area contributed by atoms with E-state index < -0.39 is 11.7 Å². The zero-order valence-electron chi connectivity index (χ0n) is 14.2. The van der Waals surface area contributed by atoms with Gasteiger partial charge < -0.3 is 9.47 Å². The molecule has 0 unspecified atom stereocenters. The van der Waals surface area contributed by atoms with Crippen LogP contribution in [0.15, 0.2) is 30.3 Å². The van der Waals surface area contributed by atoms with Crippen LogP contribution in [0, 0.1) is 0 Å². The Morgan fingerprint density at radius 1 is 1.23 bits per heavy atom. The third kappa shape index (κ3) is 7.43. The van der Waals surface area contributed by atoms with Crippen LogP contribution in [0.25, 0.3) is 0 Å². The van der Waals surface area contributed by atoms with Crippen molar-refractivity contribution in [2.45, 2.75) is 65.4 Å². The molecule has 0 aliphatic heterocycles. The molecular formula is C17H28N2O3. The molecule has 5 nitrogen and oxygen atoms in total. The summed E-state index contributed by atoms with van der Waals surface area (Å²) in [5.41, 5.74) is 6.17. The molecule has 1 rings (SSSR count). The van der Waals surface area contributed by atoms with E-state index in [-0.39, 0.29) is 12.1 Å². The standard InChI is InChI=1S/C17H28N2O3/c1-6-15(18-19-16(20)22-17(3,4)5)13(2)21-12-14-10-8-7-9-11-14/h7-11,13,15,18H,6,12H2,1-5H3,(H,19,20)/t13-,15+/m1/s1. The van der Waals surface area contributed by atoms with Crippen LogP contribution >= 0.6 is 0 Å². The van der Waals surface area contributed by atoms with E-state index in [4.69, 9.17) is 9.47 Å². The highest BCUT2D eigenvalue weighted by atomic mass is 16.6. The van der Waals surface area contributed by atoms with Gasteiger partial charge in [0.05, 0.1) is 18.8 Å². The Morgan fingerprint density at radius 3 is 2.41 bits per heavy atom. The number of hydrogen-bond donors (Lipinski definition) is 2. The molecule has 124 valence electrons. The number of benzene rings is 1. The second kappa shape index (κ2) is 8.76. The molecule has 0 fully saturated rings. The highest BCUT2D eigenvalue weighted by Crippen LogP contribution is 2.09. The first-order valence-electron chi connectivity index (χ1n) is 7.72. The number of amides is 1. The lowest BCUT2D eigenvalue weighted by atomic mass is 10.1. The predicted molar refractivity (Wildman–Crippen MR) is 87.3 cm³/mol. The third-order valence-corrected chi connectivity index (χ3v) is 3.12. The molecule has 5 heteroatoms. The summed E-state index contributed by atoms with van der Waals surface area (Å²) in [6, 6.07) is 10.0. The molecule has 0 aromatic heterocycles. The fourth-order valence-electron chi connectivity index (χ4n) is 1.92. The fraction of sp³-hybridized carbons (Fsp3) is 0.588. The topological polar surface area (TPSA) is 59.6 Å². The van der Waals surface area contributed by atoms with Gasteiger partial charge in [0.25, 0.3) is 0 Å². The molecule has 1 aromatic carbocycles. The van der Waals surface area contributed by atoms with E-state index in [0.29, 0.717) is 6.61 Å². The van der Waals surface area contributed by atoms with Gasteiger partial charge in [-0.3, -0.25) is 5.43 Å². The van der Waals surface area contributed by atoms with Gasteiger partial charge in [-0.25, -0.2) is 10.2 Å². The summed E-state index contributed by atoms with van der Waals surface area (Å²) < 4.78 is 11.0. The fourth-order valence-corrected chi connectivity index (χ4v) is 1.92. The first kappa shape index (κ1) is 18.5. The molecular weight excluding hydrogens is 280 g/mol. The van der Waals surface area contributed by atoms with Crippen molar-refractivity contribution in [1.29, 1.82) is 0 Å². The largest absolute Gasteiger partial charge is 0.443 e. The molecule has 0 heterocycles. The Hall–Kier alpha value is -1.59. The summed E-state index contributed by atoms with van der Waals surface area (Å²) in [4.78, 5) is 11.6. The molecule has 22 heavy (non-hydrogen) atoms. The predicted octanol–water partition coefficient (Wildman–Crippen LogP) is 3.40. The Bertz CT molecular complexity index is 443. The van der Waals surface area contributed by atoms with Crippen LogP contribution in [0.1, 0.15) is 46.6 Å². The molecule has 0 saturated heterocycles. The van der Waals surface area contributed by atoms with Gasteiger partial charge in [0.1, 0.15) is 5.60 Å². The van der Waals surface area contributed by atoms with Crippen molar-refractivity contribution >= 4 is 6.09 Å². The molecule has 0 aliphatic carbocycles. The summed E-state index contributed by atoms with van der Waals surface area (Å²) in [6.45, 7) is 10.1. The molecule has 0 bridgehead atoms. The zero-order valence-corrected chi connectivity index (χ0v) is 14.2. The SMILES string of the molecule is CC[C@H](NNC(=O)OC(C)(C)C)[C@@H](C)OCc1ccccc1. The summed E-state index contributed by atoms with van der Waals surface area (Å²) in [7, 11) is 0. The molecule has 1 aromatic rings. The minimum absolute atomic E-state index is 0.0104. The first-order valence-corrected chi connectivity index (χ1v) is 7.72. The summed E-state index contributed by atoms with van der Waals surface area (Å²) in [6.07, 6.45) is 0.299. The number of carbonyl (C=O) groups is 1. The van der Waals surface area contributed by atoms with Crippen molar-refractivity contribution in [2.75, 3.05) is 0 Å². The lowest BCUT2D eigenvalue weighted by Gasteiger charge is -2.26. The number of hydrogen-bond acceptors (Lipinski definition) is 4. The van der Waals surface area contributed by atoms with Gasteiger partial charge in [-0.1, -0.05) is 37.3 Å². The van der Waals surface area contributed by atoms with Gasteiger partial charge in [-0.2, -0.15) is 0 Å². The number of hydrazine groups is 1. The van der Waals surface area contributed by atoms with Crippen molar-refractivity contribution in [3.63, 3.8) is 0 Å². The van der Waals surface area contributed by atoms with Gasteiger partial charge in [0.15, 0.2) is 0 Å². The summed E-state index contributed by atoms with van der Waals surface area (Å²) in [5, 5.41) is 0. The highest BCUT2D eigenvalue weighted by molar-refractivity contribution is 5.67. The van der Waals surface area contributed by atoms with Crippen molar-refractivity contribution in [3.05, 3.63) is 35.9 Å². The minimum Gasteiger partial charge on any atom is -0.443 e. The van der Waals surface area contributed by atoms with Gasteiger partial charge in [-0.15, -0.1) is 0 Å². The lowest BCUT2D eigenvalue weighted by molar-refractivity contribution is 0.0168. The van der Waals surface area contributed by atoms with Crippen LogP contribution in [0.3, 0.4) is 0 Å². The number of nitrogens with one attached hydrogen (secondary N) is 2. The molecule has 0 saturated carbocycles. The van der Waals surface area contributed by atoms with Crippen molar-refractivity contribution in [1.82, 2.24) is 10.9 Å². The maximum atomic E-state index is 11.6. The van der Waals surface area contributed by atoms with Crippen LogP contribution in [0.2, 0.25) is 0 Å². The van der Waals surface area contributed by atoms with Gasteiger partial charge in [-0.05, 0) is 39.7 Å². The maximum absolute atomic E-state index is 11.6. The highest BCUT2D eigenvalue weighted by Gasteiger charge is 2.19.